The predicted octanol–water partition coefficient (Wildman–Crippen LogP) is 4.66. The van der Waals surface area contributed by atoms with Crippen LogP contribution in [-0.4, -0.2) is 43.3 Å². The van der Waals surface area contributed by atoms with Gasteiger partial charge in [0.15, 0.2) is 5.11 Å². The van der Waals surface area contributed by atoms with Crippen molar-refractivity contribution in [2.45, 2.75) is 38.1 Å². The predicted molar refractivity (Wildman–Crippen MR) is 136 cm³/mol. The Balaban J connectivity index is 1.66. The van der Waals surface area contributed by atoms with Gasteiger partial charge < -0.3 is 20.1 Å². The number of hydrogen-bond donors (Lipinski definition) is 3. The van der Waals surface area contributed by atoms with E-state index in [1.807, 2.05) is 0 Å². The average Bonchev–Trinajstić information content (AvgIpc) is 2.81. The number of thiocarbonyl (C=S) groups is 1. The summed E-state index contributed by atoms with van der Waals surface area (Å²) in [6.07, 6.45) is 5.48. The third-order valence-corrected chi connectivity index (χ3v) is 6.02. The van der Waals surface area contributed by atoms with E-state index in [2.05, 4.69) is 31.9 Å². The maximum absolute atomic E-state index is 12.9. The lowest BCUT2D eigenvalue weighted by Crippen LogP contribution is -2.38. The van der Waals surface area contributed by atoms with E-state index in [1.165, 1.54) is 6.42 Å². The summed E-state index contributed by atoms with van der Waals surface area (Å²) in [6.45, 7) is 0.710. The van der Waals surface area contributed by atoms with E-state index in [-0.39, 0.29) is 17.1 Å². The molecule has 0 aliphatic heterocycles. The van der Waals surface area contributed by atoms with E-state index >= 15 is 0 Å². The minimum Gasteiger partial charge on any atom is -0.490 e. The molecule has 1 saturated carbocycles. The Kier molecular flexibility index (Phi) is 9.65. The minimum atomic E-state index is -0.426. The Hall–Kier alpha value is -2.49. The Morgan fingerprint density at radius 3 is 2.55 bits per heavy atom. The molecule has 0 atom stereocenters. The van der Waals surface area contributed by atoms with E-state index in [0.29, 0.717) is 35.8 Å². The van der Waals surface area contributed by atoms with Crippen molar-refractivity contribution < 1.29 is 19.1 Å². The Morgan fingerprint density at radius 1 is 1.03 bits per heavy atom. The van der Waals surface area contributed by atoms with E-state index < -0.39 is 5.91 Å². The van der Waals surface area contributed by atoms with Gasteiger partial charge in [0.2, 0.25) is 0 Å². The number of para-hydroxylation sites is 1. The Bertz CT molecular complexity index is 995. The summed E-state index contributed by atoms with van der Waals surface area (Å²) < 4.78 is 11.4. The van der Waals surface area contributed by atoms with Gasteiger partial charge in [0, 0.05) is 17.6 Å². The highest BCUT2D eigenvalue weighted by molar-refractivity contribution is 9.10. The van der Waals surface area contributed by atoms with E-state index in [4.69, 9.17) is 21.7 Å². The first-order valence-electron chi connectivity index (χ1n) is 10.9. The highest BCUT2D eigenvalue weighted by Gasteiger charge is 2.20. The molecule has 0 spiro atoms. The summed E-state index contributed by atoms with van der Waals surface area (Å²) in [5, 5.41) is 8.85. The van der Waals surface area contributed by atoms with Gasteiger partial charge in [0.25, 0.3) is 11.8 Å². The van der Waals surface area contributed by atoms with Gasteiger partial charge in [-0.05, 0) is 55.4 Å². The highest BCUT2D eigenvalue weighted by atomic mass is 79.9. The van der Waals surface area contributed by atoms with Gasteiger partial charge in [0.05, 0.1) is 23.4 Å². The standard InChI is InChI=1S/C24H28BrN3O4S/c1-31-13-14-32-21-12-11-16(25)15-19(21)23(30)28-24(33)27-20-10-6-5-9-18(20)22(29)26-17-7-3-2-4-8-17/h5-6,9-12,15,17H,2-4,7-8,13-14H2,1H3,(H,26,29)(H2,27,28,30,33). The average molecular weight is 534 g/mol. The molecule has 1 aliphatic carbocycles. The smallest absolute Gasteiger partial charge is 0.261 e. The number of amides is 2. The van der Waals surface area contributed by atoms with Gasteiger partial charge in [0.1, 0.15) is 12.4 Å². The Labute approximate surface area is 207 Å². The quantitative estimate of drug-likeness (QED) is 0.337. The molecule has 1 fully saturated rings. The van der Waals surface area contributed by atoms with Crippen LogP contribution in [0.4, 0.5) is 5.69 Å². The van der Waals surface area contributed by atoms with Gasteiger partial charge in [-0.2, -0.15) is 0 Å². The lowest BCUT2D eigenvalue weighted by Gasteiger charge is -2.23. The van der Waals surface area contributed by atoms with Crippen LogP contribution in [0.3, 0.4) is 0 Å². The lowest BCUT2D eigenvalue weighted by atomic mass is 9.95. The van der Waals surface area contributed by atoms with Crippen molar-refractivity contribution in [2.24, 2.45) is 0 Å². The zero-order valence-electron chi connectivity index (χ0n) is 18.5. The van der Waals surface area contributed by atoms with Crippen LogP contribution in [0.25, 0.3) is 0 Å². The third-order valence-electron chi connectivity index (χ3n) is 5.32. The first-order valence-corrected chi connectivity index (χ1v) is 12.1. The zero-order chi connectivity index (χ0) is 23.6. The van der Waals surface area contributed by atoms with Crippen LogP contribution in [0.1, 0.15) is 52.8 Å². The maximum Gasteiger partial charge on any atom is 0.261 e. The maximum atomic E-state index is 12.9. The lowest BCUT2D eigenvalue weighted by molar-refractivity contribution is 0.0927. The zero-order valence-corrected chi connectivity index (χ0v) is 20.9. The molecule has 2 aromatic rings. The monoisotopic (exact) mass is 533 g/mol. The number of halogens is 1. The number of nitrogens with one attached hydrogen (secondary N) is 3. The van der Waals surface area contributed by atoms with E-state index in [9.17, 15) is 9.59 Å². The fourth-order valence-electron chi connectivity index (χ4n) is 3.66. The van der Waals surface area contributed by atoms with Gasteiger partial charge in [-0.3, -0.25) is 14.9 Å². The number of anilines is 1. The van der Waals surface area contributed by atoms with Crippen LogP contribution in [0.5, 0.6) is 5.75 Å². The molecule has 1 aliphatic rings. The normalized spacial score (nSPS) is 13.8. The second-order valence-electron chi connectivity index (χ2n) is 7.74. The fraction of sp³-hybridized carbons (Fsp3) is 0.375. The van der Waals surface area contributed by atoms with Crippen LogP contribution < -0.4 is 20.7 Å². The topological polar surface area (TPSA) is 88.7 Å². The fourth-order valence-corrected chi connectivity index (χ4v) is 4.23. The second kappa shape index (κ2) is 12.7. The molecule has 0 radical (unpaired) electrons. The van der Waals surface area contributed by atoms with Crippen molar-refractivity contribution in [3.8, 4) is 5.75 Å². The molecular formula is C24H28BrN3O4S. The molecule has 0 saturated heterocycles. The van der Waals surface area contributed by atoms with Gasteiger partial charge in [-0.25, -0.2) is 0 Å². The van der Waals surface area contributed by atoms with Crippen LogP contribution in [-0.2, 0) is 4.74 Å². The number of rotatable bonds is 8. The molecule has 2 aromatic carbocycles. The van der Waals surface area contributed by atoms with Crippen molar-refractivity contribution in [1.29, 1.82) is 0 Å². The van der Waals surface area contributed by atoms with Crippen molar-refractivity contribution in [3.05, 3.63) is 58.1 Å². The number of benzene rings is 2. The molecule has 0 heterocycles. The molecule has 2 amide bonds. The number of carbonyl (C=O) groups excluding carboxylic acids is 2. The van der Waals surface area contributed by atoms with Crippen LogP contribution in [0, 0.1) is 0 Å². The molecule has 0 aromatic heterocycles. The molecule has 33 heavy (non-hydrogen) atoms. The molecular weight excluding hydrogens is 506 g/mol. The largest absolute Gasteiger partial charge is 0.490 e. The van der Waals surface area contributed by atoms with Gasteiger partial charge >= 0.3 is 0 Å². The van der Waals surface area contributed by atoms with Crippen LogP contribution in [0.15, 0.2) is 46.9 Å². The minimum absolute atomic E-state index is 0.0840. The number of carbonyl (C=O) groups is 2. The van der Waals surface area contributed by atoms with Crippen molar-refractivity contribution in [2.75, 3.05) is 25.6 Å². The highest BCUT2D eigenvalue weighted by Crippen LogP contribution is 2.24. The summed E-state index contributed by atoms with van der Waals surface area (Å²) in [5.74, 6) is -0.159. The molecule has 0 unspecified atom stereocenters. The molecule has 0 bridgehead atoms. The first kappa shape index (κ1) is 25.1. The van der Waals surface area contributed by atoms with Crippen LogP contribution >= 0.6 is 28.1 Å². The van der Waals surface area contributed by atoms with Crippen LogP contribution in [0.2, 0.25) is 0 Å². The molecule has 176 valence electrons. The number of methoxy groups -OCH3 is 1. The second-order valence-corrected chi connectivity index (χ2v) is 9.07. The van der Waals surface area contributed by atoms with E-state index in [0.717, 1.165) is 30.2 Å². The van der Waals surface area contributed by atoms with Gasteiger partial charge in [-0.1, -0.05) is 47.3 Å². The molecule has 3 N–H and O–H groups in total. The van der Waals surface area contributed by atoms with Crippen molar-refractivity contribution >= 4 is 50.8 Å². The third kappa shape index (κ3) is 7.52. The summed E-state index contributed by atoms with van der Waals surface area (Å²) >= 11 is 8.73. The van der Waals surface area contributed by atoms with Gasteiger partial charge in [-0.15, -0.1) is 0 Å². The molecule has 9 heteroatoms. The summed E-state index contributed by atoms with van der Waals surface area (Å²) in [4.78, 5) is 25.7. The summed E-state index contributed by atoms with van der Waals surface area (Å²) in [6, 6.07) is 12.4. The van der Waals surface area contributed by atoms with Crippen molar-refractivity contribution in [1.82, 2.24) is 10.6 Å². The first-order chi connectivity index (χ1) is 16.0. The summed E-state index contributed by atoms with van der Waals surface area (Å²) in [5.41, 5.74) is 1.33. The molecule has 7 nitrogen and oxygen atoms in total. The van der Waals surface area contributed by atoms with E-state index in [1.54, 1.807) is 49.6 Å². The SMILES string of the molecule is COCCOc1ccc(Br)cc1C(=O)NC(=S)Nc1ccccc1C(=O)NC1CCCCC1. The molecule has 3 rings (SSSR count). The number of hydrogen-bond acceptors (Lipinski definition) is 5. The summed E-state index contributed by atoms with van der Waals surface area (Å²) in [7, 11) is 1.58. The van der Waals surface area contributed by atoms with Crippen molar-refractivity contribution in [3.63, 3.8) is 0 Å². The Morgan fingerprint density at radius 2 is 1.79 bits per heavy atom. The number of ether oxygens (including phenoxy) is 2.